The molecule has 0 bridgehead atoms. The van der Waals surface area contributed by atoms with Gasteiger partial charge in [-0.05, 0) is 26.7 Å². The van der Waals surface area contributed by atoms with E-state index in [1.165, 1.54) is 0 Å². The Morgan fingerprint density at radius 2 is 2.08 bits per heavy atom. The Morgan fingerprint density at radius 1 is 1.33 bits per heavy atom. The summed E-state index contributed by atoms with van der Waals surface area (Å²) in [6.07, 6.45) is 5.60. The molecule has 0 spiro atoms. The molecule has 1 N–H and O–H groups in total. The van der Waals surface area contributed by atoms with E-state index in [2.05, 4.69) is 37.7 Å². The van der Waals surface area contributed by atoms with E-state index in [-0.39, 0.29) is 24.0 Å². The van der Waals surface area contributed by atoms with Crippen molar-refractivity contribution in [3.8, 4) is 0 Å². The predicted molar refractivity (Wildman–Crippen MR) is 109 cm³/mol. The van der Waals surface area contributed by atoms with Gasteiger partial charge in [-0.1, -0.05) is 0 Å². The molecular weight excluding hydrogens is 437 g/mol. The van der Waals surface area contributed by atoms with Crippen LogP contribution in [0, 0.1) is 6.92 Å². The average Bonchev–Trinajstić information content (AvgIpc) is 3.17. The molecule has 0 amide bonds. The lowest BCUT2D eigenvalue weighted by Gasteiger charge is -2.21. The second-order valence-corrected chi connectivity index (χ2v) is 6.42. The SMILES string of the molecule is CCNC(=NCCCCn1cnnc1)N(C)Cc1csc(C)n1.I. The summed E-state index contributed by atoms with van der Waals surface area (Å²) in [5, 5.41) is 14.2. The van der Waals surface area contributed by atoms with Gasteiger partial charge in [0.2, 0.25) is 0 Å². The summed E-state index contributed by atoms with van der Waals surface area (Å²) < 4.78 is 1.99. The Hall–Kier alpha value is -1.23. The number of guanidine groups is 1. The predicted octanol–water partition coefficient (Wildman–Crippen LogP) is 2.54. The van der Waals surface area contributed by atoms with Crippen LogP contribution < -0.4 is 5.32 Å². The van der Waals surface area contributed by atoms with E-state index in [9.17, 15) is 0 Å². The molecule has 24 heavy (non-hydrogen) atoms. The van der Waals surface area contributed by atoms with Crippen LogP contribution in [0.5, 0.6) is 0 Å². The number of nitrogens with zero attached hydrogens (tertiary/aromatic N) is 6. The van der Waals surface area contributed by atoms with Gasteiger partial charge in [0.15, 0.2) is 5.96 Å². The average molecular weight is 463 g/mol. The summed E-state index contributed by atoms with van der Waals surface area (Å²) in [4.78, 5) is 11.3. The molecule has 0 saturated heterocycles. The van der Waals surface area contributed by atoms with Gasteiger partial charge in [-0.15, -0.1) is 45.5 Å². The molecule has 0 atom stereocenters. The first-order valence-electron chi connectivity index (χ1n) is 7.92. The van der Waals surface area contributed by atoms with E-state index < -0.39 is 0 Å². The summed E-state index contributed by atoms with van der Waals surface area (Å²) in [6.45, 7) is 7.50. The van der Waals surface area contributed by atoms with E-state index in [1.807, 2.05) is 18.5 Å². The fourth-order valence-corrected chi connectivity index (χ4v) is 2.80. The van der Waals surface area contributed by atoms with Crippen molar-refractivity contribution in [2.45, 2.75) is 39.8 Å². The van der Waals surface area contributed by atoms with Gasteiger partial charge in [0, 0.05) is 32.1 Å². The van der Waals surface area contributed by atoms with Crippen molar-refractivity contribution in [3.63, 3.8) is 0 Å². The van der Waals surface area contributed by atoms with E-state index in [4.69, 9.17) is 4.99 Å². The van der Waals surface area contributed by atoms with Crippen LogP contribution in [0.4, 0.5) is 0 Å². The highest BCUT2D eigenvalue weighted by atomic mass is 127. The van der Waals surface area contributed by atoms with Gasteiger partial charge in [0.05, 0.1) is 17.2 Å². The van der Waals surface area contributed by atoms with Crippen molar-refractivity contribution in [1.29, 1.82) is 0 Å². The quantitative estimate of drug-likeness (QED) is 0.282. The molecule has 2 rings (SSSR count). The number of unbranched alkanes of at least 4 members (excludes halogenated alkanes) is 1. The lowest BCUT2D eigenvalue weighted by molar-refractivity contribution is 0.470. The Kier molecular flexibility index (Phi) is 9.84. The maximum absolute atomic E-state index is 4.70. The topological polar surface area (TPSA) is 71.2 Å². The highest BCUT2D eigenvalue weighted by molar-refractivity contribution is 14.0. The van der Waals surface area contributed by atoms with Crippen LogP contribution in [-0.4, -0.2) is 50.7 Å². The number of halogens is 1. The van der Waals surface area contributed by atoms with Gasteiger partial charge >= 0.3 is 0 Å². The number of rotatable bonds is 8. The van der Waals surface area contributed by atoms with Gasteiger partial charge in [-0.3, -0.25) is 4.99 Å². The number of thiazole rings is 1. The third-order valence-corrected chi connectivity index (χ3v) is 4.14. The summed E-state index contributed by atoms with van der Waals surface area (Å²) in [7, 11) is 2.05. The normalized spacial score (nSPS) is 11.2. The molecular formula is C15H26IN7S. The molecule has 2 aromatic heterocycles. The van der Waals surface area contributed by atoms with Gasteiger partial charge in [0.1, 0.15) is 12.7 Å². The Labute approximate surface area is 164 Å². The maximum Gasteiger partial charge on any atom is 0.194 e. The highest BCUT2D eigenvalue weighted by Crippen LogP contribution is 2.09. The molecule has 0 aliphatic carbocycles. The van der Waals surface area contributed by atoms with Gasteiger partial charge in [-0.25, -0.2) is 4.98 Å². The second kappa shape index (κ2) is 11.3. The molecule has 9 heteroatoms. The van der Waals surface area contributed by atoms with Crippen LogP contribution in [0.2, 0.25) is 0 Å². The van der Waals surface area contributed by atoms with Gasteiger partial charge < -0.3 is 14.8 Å². The Morgan fingerprint density at radius 3 is 2.71 bits per heavy atom. The first-order valence-corrected chi connectivity index (χ1v) is 8.80. The molecule has 0 saturated carbocycles. The van der Waals surface area contributed by atoms with Gasteiger partial charge in [-0.2, -0.15) is 0 Å². The molecule has 7 nitrogen and oxygen atoms in total. The van der Waals surface area contributed by atoms with Crippen LogP contribution in [0.15, 0.2) is 23.0 Å². The smallest absolute Gasteiger partial charge is 0.194 e. The van der Waals surface area contributed by atoms with Crippen molar-refractivity contribution in [2.75, 3.05) is 20.1 Å². The van der Waals surface area contributed by atoms with Crippen molar-refractivity contribution in [2.24, 2.45) is 4.99 Å². The number of hydrogen-bond donors (Lipinski definition) is 1. The largest absolute Gasteiger partial charge is 0.357 e. The summed E-state index contributed by atoms with van der Waals surface area (Å²) >= 11 is 1.68. The molecule has 0 aliphatic heterocycles. The zero-order valence-electron chi connectivity index (χ0n) is 14.5. The van der Waals surface area contributed by atoms with Crippen LogP contribution in [0.1, 0.15) is 30.5 Å². The number of aromatic nitrogens is 4. The minimum absolute atomic E-state index is 0. The van der Waals surface area contributed by atoms with Crippen LogP contribution in [0.3, 0.4) is 0 Å². The minimum Gasteiger partial charge on any atom is -0.357 e. The third kappa shape index (κ3) is 7.12. The van der Waals surface area contributed by atoms with Gasteiger partial charge in [0.25, 0.3) is 0 Å². The molecule has 0 aromatic carbocycles. The van der Waals surface area contributed by atoms with E-state index in [0.29, 0.717) is 0 Å². The van der Waals surface area contributed by atoms with Crippen LogP contribution >= 0.6 is 35.3 Å². The van der Waals surface area contributed by atoms with E-state index in [0.717, 1.165) is 55.7 Å². The molecule has 134 valence electrons. The summed E-state index contributed by atoms with van der Waals surface area (Å²) in [5.41, 5.74) is 1.09. The molecule has 0 unspecified atom stereocenters. The lowest BCUT2D eigenvalue weighted by atomic mass is 10.3. The summed E-state index contributed by atoms with van der Waals surface area (Å²) in [5.74, 6) is 0.933. The molecule has 2 aromatic rings. The Bertz CT molecular complexity index is 597. The van der Waals surface area contributed by atoms with Crippen molar-refractivity contribution in [1.82, 2.24) is 30.0 Å². The summed E-state index contributed by atoms with van der Waals surface area (Å²) in [6, 6.07) is 0. The number of aryl methyl sites for hydroxylation is 2. The van der Waals surface area contributed by atoms with Crippen molar-refractivity contribution >= 4 is 41.3 Å². The number of nitrogens with one attached hydrogen (secondary N) is 1. The van der Waals surface area contributed by atoms with Crippen molar-refractivity contribution < 1.29 is 0 Å². The fourth-order valence-electron chi connectivity index (χ4n) is 2.20. The van der Waals surface area contributed by atoms with Crippen molar-refractivity contribution in [3.05, 3.63) is 28.7 Å². The second-order valence-electron chi connectivity index (χ2n) is 5.36. The molecule has 0 radical (unpaired) electrons. The molecule has 2 heterocycles. The van der Waals surface area contributed by atoms with Crippen LogP contribution in [-0.2, 0) is 13.1 Å². The van der Waals surface area contributed by atoms with E-state index >= 15 is 0 Å². The Balaban J connectivity index is 0.00000288. The minimum atomic E-state index is 0. The zero-order valence-corrected chi connectivity index (χ0v) is 17.6. The monoisotopic (exact) mass is 463 g/mol. The lowest BCUT2D eigenvalue weighted by Crippen LogP contribution is -2.38. The zero-order chi connectivity index (χ0) is 16.5. The first-order chi connectivity index (χ1) is 11.2. The number of hydrogen-bond acceptors (Lipinski definition) is 5. The van der Waals surface area contributed by atoms with Crippen LogP contribution in [0.25, 0.3) is 0 Å². The first kappa shape index (κ1) is 20.8. The molecule has 0 fully saturated rings. The highest BCUT2D eigenvalue weighted by Gasteiger charge is 2.08. The maximum atomic E-state index is 4.70. The molecule has 0 aliphatic rings. The number of aliphatic imine (C=N–C) groups is 1. The standard InChI is InChI=1S/C15H25N7S.HI/c1-4-16-15(21(3)9-14-10-23-13(2)20-14)17-7-5-6-8-22-11-18-19-12-22;/h10-12H,4-9H2,1-3H3,(H,16,17);1H. The fraction of sp³-hybridized carbons (Fsp3) is 0.600. The van der Waals surface area contributed by atoms with E-state index in [1.54, 1.807) is 24.0 Å². The third-order valence-electron chi connectivity index (χ3n) is 3.31.